The number of nitrogens with one attached hydrogen (secondary N) is 2. The van der Waals surface area contributed by atoms with Crippen molar-refractivity contribution in [3.05, 3.63) is 99.2 Å². The van der Waals surface area contributed by atoms with Crippen LogP contribution in [-0.4, -0.2) is 55.9 Å². The van der Waals surface area contributed by atoms with Crippen LogP contribution in [0.2, 0.25) is 0 Å². The number of nitrogens with two attached hydrogens (primary N) is 1. The van der Waals surface area contributed by atoms with Gasteiger partial charge in [-0.3, -0.25) is 15.2 Å². The highest BCUT2D eigenvalue weighted by Crippen LogP contribution is 2.32. The highest BCUT2D eigenvalue weighted by molar-refractivity contribution is 5.94. The summed E-state index contributed by atoms with van der Waals surface area (Å²) in [5.74, 6) is -1.34. The molecule has 0 saturated heterocycles. The van der Waals surface area contributed by atoms with Crippen molar-refractivity contribution < 1.29 is 23.8 Å². The number of hydrogen-bond donors (Lipinski definition) is 4. The largest absolute Gasteiger partial charge is 0.494 e. The van der Waals surface area contributed by atoms with E-state index in [0.29, 0.717) is 28.9 Å². The summed E-state index contributed by atoms with van der Waals surface area (Å²) in [5, 5.41) is 19.5. The summed E-state index contributed by atoms with van der Waals surface area (Å²) in [6.07, 6.45) is 3.43. The Bertz CT molecular complexity index is 1480. The molecular weight excluding hydrogens is 509 g/mol. The minimum atomic E-state index is -0.833. The van der Waals surface area contributed by atoms with Crippen LogP contribution in [0.4, 0.5) is 4.39 Å². The molecule has 0 saturated carbocycles. The summed E-state index contributed by atoms with van der Waals surface area (Å²) in [6, 6.07) is 12.1. The van der Waals surface area contributed by atoms with Crippen LogP contribution >= 0.6 is 0 Å². The van der Waals surface area contributed by atoms with E-state index in [1.807, 2.05) is 12.1 Å². The van der Waals surface area contributed by atoms with Crippen LogP contribution in [0.15, 0.2) is 59.7 Å². The molecule has 0 amide bonds. The average Bonchev–Trinajstić information content (AvgIpc) is 3.30. The Hall–Kier alpha value is -4.91. The maximum Gasteiger partial charge on any atom is 0.350 e. The Morgan fingerprint density at radius 2 is 1.85 bits per heavy atom. The first-order valence-corrected chi connectivity index (χ1v) is 11.6. The lowest BCUT2D eigenvalue weighted by Crippen LogP contribution is -2.18. The van der Waals surface area contributed by atoms with Crippen molar-refractivity contribution in [3.63, 3.8) is 0 Å². The second-order valence-electron chi connectivity index (χ2n) is 8.29. The van der Waals surface area contributed by atoms with E-state index in [4.69, 9.17) is 30.5 Å². The van der Waals surface area contributed by atoms with Gasteiger partial charge in [0, 0.05) is 43.5 Å². The van der Waals surface area contributed by atoms with Crippen molar-refractivity contribution in [2.45, 2.75) is 25.9 Å². The molecule has 1 unspecified atom stereocenters. The summed E-state index contributed by atoms with van der Waals surface area (Å²) in [7, 11) is 2.86. The summed E-state index contributed by atoms with van der Waals surface area (Å²) in [4.78, 5) is 32.7. The van der Waals surface area contributed by atoms with Crippen molar-refractivity contribution in [2.75, 3.05) is 14.2 Å². The lowest BCUT2D eigenvalue weighted by Gasteiger charge is -2.18. The van der Waals surface area contributed by atoms with Gasteiger partial charge in [0.2, 0.25) is 0 Å². The highest BCUT2D eigenvalue weighted by Gasteiger charge is 2.24. The highest BCUT2D eigenvalue weighted by atomic mass is 19.1. The monoisotopic (exact) mass is 537 g/mol. The third-order valence-electron chi connectivity index (χ3n) is 5.47. The Morgan fingerprint density at radius 1 is 1.21 bits per heavy atom. The molecule has 39 heavy (non-hydrogen) atoms. The molecule has 4 rings (SSSR count). The van der Waals surface area contributed by atoms with E-state index in [1.165, 1.54) is 26.6 Å². The molecule has 1 atom stereocenters. The summed E-state index contributed by atoms with van der Waals surface area (Å²) < 4.78 is 26.3. The van der Waals surface area contributed by atoms with Crippen molar-refractivity contribution in [3.8, 4) is 11.7 Å². The van der Waals surface area contributed by atoms with Crippen molar-refractivity contribution in [1.29, 1.82) is 5.41 Å². The zero-order valence-corrected chi connectivity index (χ0v) is 21.5. The quantitative estimate of drug-likeness (QED) is 0.184. The molecule has 0 radical (unpaired) electrons. The third-order valence-corrected chi connectivity index (χ3v) is 5.47. The number of nitrogen functional groups attached to an aromatic ring is 1. The number of hydrogen-bond acceptors (Lipinski definition) is 8. The molecule has 0 aliphatic heterocycles. The van der Waals surface area contributed by atoms with Crippen molar-refractivity contribution in [2.24, 2.45) is 5.73 Å². The molecule has 0 aliphatic rings. The topological polar surface area (TPSA) is 182 Å². The number of aliphatic carboxylic acids is 1. The van der Waals surface area contributed by atoms with E-state index in [-0.39, 0.29) is 24.1 Å². The standard InChI is InChI=1S/C24H24FN7O3.C2H4O2/c1-34-13-17-11-16(12-19(35-2)20(17)25)18(10-14-4-6-15(7-5-14)21(26)27)22-30-24(33)32(31-22)23-28-8-3-9-29-23;1-2(3)4/h3-9,11-12,18H,10,13H2,1-2H3,(H3,26,27)(H,30,31,33);1H3,(H,3,4). The maximum absolute atomic E-state index is 14.8. The number of aromatic amines is 1. The Labute approximate surface area is 222 Å². The number of rotatable bonds is 9. The molecule has 2 aromatic heterocycles. The number of halogens is 1. The van der Waals surface area contributed by atoms with Crippen LogP contribution in [0, 0.1) is 11.2 Å². The van der Waals surface area contributed by atoms with Crippen LogP contribution in [0.5, 0.6) is 5.75 Å². The predicted molar refractivity (Wildman–Crippen MR) is 140 cm³/mol. The van der Waals surface area contributed by atoms with Crippen LogP contribution in [0.25, 0.3) is 5.95 Å². The first-order valence-electron chi connectivity index (χ1n) is 11.6. The zero-order valence-electron chi connectivity index (χ0n) is 21.5. The van der Waals surface area contributed by atoms with Gasteiger partial charge in [0.05, 0.1) is 13.7 Å². The summed E-state index contributed by atoms with van der Waals surface area (Å²) in [6.45, 7) is 1.12. The lowest BCUT2D eigenvalue weighted by atomic mass is 9.89. The molecule has 2 aromatic carbocycles. The summed E-state index contributed by atoms with van der Waals surface area (Å²) >= 11 is 0. The van der Waals surface area contributed by atoms with Crippen LogP contribution < -0.4 is 16.2 Å². The van der Waals surface area contributed by atoms with Gasteiger partial charge in [0.15, 0.2) is 11.6 Å². The van der Waals surface area contributed by atoms with Gasteiger partial charge < -0.3 is 20.3 Å². The first-order chi connectivity index (χ1) is 18.6. The second kappa shape index (κ2) is 13.1. The smallest absolute Gasteiger partial charge is 0.350 e. The van der Waals surface area contributed by atoms with Gasteiger partial charge in [0.1, 0.15) is 11.7 Å². The van der Waals surface area contributed by atoms with Crippen molar-refractivity contribution in [1.82, 2.24) is 24.7 Å². The first kappa shape index (κ1) is 28.7. The predicted octanol–water partition coefficient (Wildman–Crippen LogP) is 2.39. The molecule has 2 heterocycles. The third kappa shape index (κ3) is 7.32. The average molecular weight is 538 g/mol. The number of nitrogens with zero attached hydrogens (tertiary/aromatic N) is 4. The molecular formula is C26H28FN7O5. The van der Waals surface area contributed by atoms with Gasteiger partial charge in [-0.2, -0.15) is 0 Å². The number of benzene rings is 2. The number of H-pyrrole nitrogens is 1. The fourth-order valence-electron chi connectivity index (χ4n) is 3.75. The lowest BCUT2D eigenvalue weighted by molar-refractivity contribution is -0.134. The van der Waals surface area contributed by atoms with Gasteiger partial charge in [-0.05, 0) is 35.7 Å². The number of amidine groups is 1. The van der Waals surface area contributed by atoms with Crippen LogP contribution in [0.3, 0.4) is 0 Å². The Balaban J connectivity index is 0.000000983. The fourth-order valence-corrected chi connectivity index (χ4v) is 3.75. The Morgan fingerprint density at radius 3 is 2.41 bits per heavy atom. The van der Waals surface area contributed by atoms with Gasteiger partial charge in [-0.1, -0.05) is 24.3 Å². The van der Waals surface area contributed by atoms with Crippen LogP contribution in [-0.2, 0) is 22.6 Å². The minimum absolute atomic E-state index is 0.0356. The SMILES string of the molecule is CC(=O)O.COCc1cc(C(Cc2ccc(C(=N)N)cc2)c2nn(-c3ncccn3)c(=O)[nH]2)cc(OC)c1F. The molecule has 0 spiro atoms. The minimum Gasteiger partial charge on any atom is -0.494 e. The zero-order chi connectivity index (χ0) is 28.5. The number of carboxylic acids is 1. The normalized spacial score (nSPS) is 11.3. The number of carbonyl (C=O) groups is 1. The van der Waals surface area contributed by atoms with E-state index in [0.717, 1.165) is 17.2 Å². The van der Waals surface area contributed by atoms with Gasteiger partial charge in [-0.15, -0.1) is 9.78 Å². The van der Waals surface area contributed by atoms with Crippen molar-refractivity contribution >= 4 is 11.8 Å². The van der Waals surface area contributed by atoms with Gasteiger partial charge >= 0.3 is 5.69 Å². The molecule has 0 bridgehead atoms. The maximum atomic E-state index is 14.8. The molecule has 0 fully saturated rings. The number of aromatic nitrogens is 5. The van der Waals surface area contributed by atoms with Gasteiger partial charge in [-0.25, -0.2) is 19.2 Å². The van der Waals surface area contributed by atoms with Crippen LogP contribution in [0.1, 0.15) is 40.9 Å². The number of carboxylic acid groups (broad SMARTS) is 1. The number of methoxy groups -OCH3 is 2. The molecule has 12 nitrogen and oxygen atoms in total. The van der Waals surface area contributed by atoms with E-state index in [1.54, 1.807) is 30.3 Å². The number of ether oxygens (including phenoxy) is 2. The van der Waals surface area contributed by atoms with Gasteiger partial charge in [0.25, 0.3) is 11.9 Å². The molecule has 13 heteroatoms. The van der Waals surface area contributed by atoms with E-state index >= 15 is 0 Å². The molecule has 0 aliphatic carbocycles. The fraction of sp³-hybridized carbons (Fsp3) is 0.231. The van der Waals surface area contributed by atoms with E-state index < -0.39 is 23.4 Å². The second-order valence-corrected chi connectivity index (χ2v) is 8.29. The molecule has 4 aromatic rings. The van der Waals surface area contributed by atoms with E-state index in [2.05, 4.69) is 20.1 Å². The summed E-state index contributed by atoms with van der Waals surface area (Å²) in [5.41, 5.74) is 7.53. The van der Waals surface area contributed by atoms with E-state index in [9.17, 15) is 9.18 Å². The Kier molecular flexibility index (Phi) is 9.59. The molecule has 204 valence electrons. The molecule has 5 N–H and O–H groups in total.